The molecule has 9 heteroatoms. The molecule has 3 fully saturated rings. The molecule has 3 aliphatic rings. The SMILES string of the molecule is Cc1cccc(CN2CCCC3(CCN(C(=O)CC4CC4)C3)C2)n1.O=C(O)C(F)(F)F. The highest BCUT2D eigenvalue weighted by Crippen LogP contribution is 2.40. The zero-order valence-corrected chi connectivity index (χ0v) is 17.8. The zero-order chi connectivity index (χ0) is 22.6. The molecule has 31 heavy (non-hydrogen) atoms. The van der Waals surface area contributed by atoms with E-state index in [2.05, 4.69) is 39.9 Å². The number of carboxylic acid groups (broad SMARTS) is 1. The van der Waals surface area contributed by atoms with E-state index in [0.29, 0.717) is 17.2 Å². The van der Waals surface area contributed by atoms with Crippen LogP contribution in [0.1, 0.15) is 49.9 Å². The first-order valence-corrected chi connectivity index (χ1v) is 10.8. The summed E-state index contributed by atoms with van der Waals surface area (Å²) in [4.78, 5) is 30.7. The molecule has 1 atom stereocenters. The van der Waals surface area contributed by atoms with Crippen molar-refractivity contribution >= 4 is 11.9 Å². The number of pyridine rings is 1. The number of aromatic nitrogens is 1. The first-order valence-electron chi connectivity index (χ1n) is 10.8. The van der Waals surface area contributed by atoms with Crippen LogP contribution >= 0.6 is 0 Å². The van der Waals surface area contributed by atoms with Gasteiger partial charge in [0.2, 0.25) is 5.91 Å². The fourth-order valence-electron chi connectivity index (χ4n) is 4.54. The van der Waals surface area contributed by atoms with E-state index in [1.807, 2.05) is 0 Å². The Morgan fingerprint density at radius 2 is 1.90 bits per heavy atom. The van der Waals surface area contributed by atoms with Crippen molar-refractivity contribution in [1.29, 1.82) is 0 Å². The van der Waals surface area contributed by atoms with Crippen LogP contribution in [0.15, 0.2) is 18.2 Å². The van der Waals surface area contributed by atoms with Gasteiger partial charge < -0.3 is 10.0 Å². The highest BCUT2D eigenvalue weighted by atomic mass is 19.4. The molecule has 1 aromatic rings. The molecule has 2 aliphatic heterocycles. The van der Waals surface area contributed by atoms with Crippen molar-refractivity contribution in [2.24, 2.45) is 11.3 Å². The number of amides is 1. The van der Waals surface area contributed by atoms with Crippen LogP contribution in [0.4, 0.5) is 13.2 Å². The Hall–Kier alpha value is -2.16. The average Bonchev–Trinajstić information content (AvgIpc) is 3.40. The molecular formula is C22H30F3N3O3. The van der Waals surface area contributed by atoms with E-state index in [9.17, 15) is 18.0 Å². The monoisotopic (exact) mass is 441 g/mol. The van der Waals surface area contributed by atoms with E-state index in [0.717, 1.165) is 44.8 Å². The summed E-state index contributed by atoms with van der Waals surface area (Å²) < 4.78 is 31.7. The summed E-state index contributed by atoms with van der Waals surface area (Å²) in [5.41, 5.74) is 2.60. The minimum atomic E-state index is -5.08. The molecule has 172 valence electrons. The number of hydrogen-bond donors (Lipinski definition) is 1. The predicted molar refractivity (Wildman–Crippen MR) is 108 cm³/mol. The molecule has 1 aliphatic carbocycles. The Morgan fingerprint density at radius 1 is 1.19 bits per heavy atom. The lowest BCUT2D eigenvalue weighted by Crippen LogP contribution is -2.45. The van der Waals surface area contributed by atoms with Crippen molar-refractivity contribution in [2.75, 3.05) is 26.2 Å². The van der Waals surface area contributed by atoms with Gasteiger partial charge in [-0.05, 0) is 63.6 Å². The number of rotatable bonds is 4. The molecule has 1 N–H and O–H groups in total. The Morgan fingerprint density at radius 3 is 2.52 bits per heavy atom. The number of nitrogens with zero attached hydrogens (tertiary/aromatic N) is 3. The van der Waals surface area contributed by atoms with Crippen molar-refractivity contribution in [2.45, 2.75) is 58.2 Å². The maximum absolute atomic E-state index is 12.4. The zero-order valence-electron chi connectivity index (χ0n) is 17.8. The predicted octanol–water partition coefficient (Wildman–Crippen LogP) is 3.64. The van der Waals surface area contributed by atoms with Gasteiger partial charge in [-0.3, -0.25) is 14.7 Å². The summed E-state index contributed by atoms with van der Waals surface area (Å²) >= 11 is 0. The normalized spacial score (nSPS) is 24.1. The number of halogens is 3. The van der Waals surface area contributed by atoms with Crippen LogP contribution in [0, 0.1) is 18.3 Å². The highest BCUT2D eigenvalue weighted by molar-refractivity contribution is 5.77. The Balaban J connectivity index is 0.000000339. The maximum Gasteiger partial charge on any atom is 0.490 e. The molecule has 0 bridgehead atoms. The molecule has 1 saturated carbocycles. The maximum atomic E-state index is 12.4. The van der Waals surface area contributed by atoms with Crippen LogP contribution in [-0.4, -0.2) is 64.1 Å². The lowest BCUT2D eigenvalue weighted by Gasteiger charge is -2.40. The van der Waals surface area contributed by atoms with Crippen LogP contribution in [0.25, 0.3) is 0 Å². The summed E-state index contributed by atoms with van der Waals surface area (Å²) in [5, 5.41) is 7.12. The lowest BCUT2D eigenvalue weighted by atomic mass is 9.79. The number of hydrogen-bond acceptors (Lipinski definition) is 4. The van der Waals surface area contributed by atoms with Crippen molar-refractivity contribution in [3.8, 4) is 0 Å². The summed E-state index contributed by atoms with van der Waals surface area (Å²) in [7, 11) is 0. The molecule has 6 nitrogen and oxygen atoms in total. The molecule has 4 rings (SSSR count). The van der Waals surface area contributed by atoms with Gasteiger partial charge in [0.15, 0.2) is 0 Å². The van der Waals surface area contributed by atoms with E-state index in [4.69, 9.17) is 9.90 Å². The van der Waals surface area contributed by atoms with Gasteiger partial charge in [0, 0.05) is 43.7 Å². The lowest BCUT2D eigenvalue weighted by molar-refractivity contribution is -0.192. The number of aryl methyl sites for hydroxylation is 1. The van der Waals surface area contributed by atoms with Crippen molar-refractivity contribution in [1.82, 2.24) is 14.8 Å². The number of piperidine rings is 1. The summed E-state index contributed by atoms with van der Waals surface area (Å²) in [6.45, 7) is 7.24. The molecular weight excluding hydrogens is 411 g/mol. The molecule has 0 aromatic carbocycles. The van der Waals surface area contributed by atoms with Crippen LogP contribution < -0.4 is 0 Å². The van der Waals surface area contributed by atoms with E-state index < -0.39 is 12.1 Å². The molecule has 1 spiro atoms. The number of carbonyl (C=O) groups excluding carboxylic acids is 1. The van der Waals surface area contributed by atoms with Crippen LogP contribution in [0.3, 0.4) is 0 Å². The van der Waals surface area contributed by atoms with Gasteiger partial charge in [0.1, 0.15) is 0 Å². The summed E-state index contributed by atoms with van der Waals surface area (Å²) in [5.74, 6) is -1.65. The number of likely N-dealkylation sites (tertiary alicyclic amines) is 2. The van der Waals surface area contributed by atoms with Crippen molar-refractivity contribution in [3.05, 3.63) is 29.6 Å². The summed E-state index contributed by atoms with van der Waals surface area (Å²) in [6, 6.07) is 6.29. The third-order valence-electron chi connectivity index (χ3n) is 6.27. The van der Waals surface area contributed by atoms with Gasteiger partial charge >= 0.3 is 12.1 Å². The molecule has 1 unspecified atom stereocenters. The van der Waals surface area contributed by atoms with Gasteiger partial charge in [-0.25, -0.2) is 4.79 Å². The number of carboxylic acids is 1. The number of alkyl halides is 3. The Kier molecular flexibility index (Phi) is 7.24. The topological polar surface area (TPSA) is 73.7 Å². The van der Waals surface area contributed by atoms with E-state index in [-0.39, 0.29) is 0 Å². The van der Waals surface area contributed by atoms with Crippen molar-refractivity contribution < 1.29 is 27.9 Å². The van der Waals surface area contributed by atoms with Gasteiger partial charge in [0.25, 0.3) is 0 Å². The van der Waals surface area contributed by atoms with Gasteiger partial charge in [-0.2, -0.15) is 13.2 Å². The van der Waals surface area contributed by atoms with Gasteiger partial charge in [-0.15, -0.1) is 0 Å². The minimum Gasteiger partial charge on any atom is -0.475 e. The van der Waals surface area contributed by atoms with E-state index in [1.54, 1.807) is 0 Å². The van der Waals surface area contributed by atoms with E-state index >= 15 is 0 Å². The number of carbonyl (C=O) groups is 2. The van der Waals surface area contributed by atoms with Crippen molar-refractivity contribution in [3.63, 3.8) is 0 Å². The molecule has 3 heterocycles. The Labute approximate surface area is 180 Å². The third kappa shape index (κ3) is 6.92. The molecule has 1 amide bonds. The molecule has 1 aromatic heterocycles. The largest absolute Gasteiger partial charge is 0.490 e. The fraction of sp³-hybridized carbons (Fsp3) is 0.682. The standard InChI is InChI=1S/C20H29N3O.C2HF3O2/c1-16-4-2-5-18(21-16)13-22-10-3-8-20(14-22)9-11-23(15-20)19(24)12-17-6-7-17;3-2(4,5)1(6)7/h2,4-5,17H,3,6-15H2,1H3;(H,6,7). The second-order valence-corrected chi connectivity index (χ2v) is 9.10. The van der Waals surface area contributed by atoms with E-state index in [1.165, 1.54) is 37.8 Å². The fourth-order valence-corrected chi connectivity index (χ4v) is 4.54. The quantitative estimate of drug-likeness (QED) is 0.772. The third-order valence-corrected chi connectivity index (χ3v) is 6.27. The van der Waals surface area contributed by atoms with Gasteiger partial charge in [0.05, 0.1) is 5.69 Å². The smallest absolute Gasteiger partial charge is 0.475 e. The highest BCUT2D eigenvalue weighted by Gasteiger charge is 2.43. The Bertz CT molecular complexity index is 798. The molecule has 2 saturated heterocycles. The number of aliphatic carboxylic acids is 1. The first-order chi connectivity index (χ1) is 14.6. The van der Waals surface area contributed by atoms with Gasteiger partial charge in [-0.1, -0.05) is 6.07 Å². The average molecular weight is 441 g/mol. The minimum absolute atomic E-state index is 0.335. The first kappa shape index (κ1) is 23.5. The molecule has 0 radical (unpaired) electrons. The second-order valence-electron chi connectivity index (χ2n) is 9.10. The summed E-state index contributed by atoms with van der Waals surface area (Å²) in [6.07, 6.45) is 1.95. The van der Waals surface area contributed by atoms with Crippen LogP contribution in [0.5, 0.6) is 0 Å². The second kappa shape index (κ2) is 9.54. The van der Waals surface area contributed by atoms with Crippen LogP contribution in [0.2, 0.25) is 0 Å². The van der Waals surface area contributed by atoms with Crippen LogP contribution in [-0.2, 0) is 16.1 Å².